The lowest BCUT2D eigenvalue weighted by atomic mass is 9.93. The number of likely N-dealkylation sites (tertiary alicyclic amines) is 1. The molecule has 3 heteroatoms. The third-order valence-corrected chi connectivity index (χ3v) is 4.26. The summed E-state index contributed by atoms with van der Waals surface area (Å²) in [4.78, 5) is 14.5. The predicted molar refractivity (Wildman–Crippen MR) is 77.6 cm³/mol. The van der Waals surface area contributed by atoms with Crippen molar-refractivity contribution in [1.29, 1.82) is 0 Å². The molecule has 0 unspecified atom stereocenters. The van der Waals surface area contributed by atoms with Gasteiger partial charge in [0.25, 0.3) is 5.91 Å². The van der Waals surface area contributed by atoms with E-state index in [1.807, 2.05) is 11.0 Å². The van der Waals surface area contributed by atoms with E-state index in [1.54, 1.807) is 0 Å². The van der Waals surface area contributed by atoms with E-state index in [0.29, 0.717) is 0 Å². The fourth-order valence-corrected chi connectivity index (χ4v) is 3.08. The predicted octanol–water partition coefficient (Wildman–Crippen LogP) is 2.92. The minimum Gasteiger partial charge on any atom is -0.385 e. The van der Waals surface area contributed by atoms with E-state index in [1.165, 1.54) is 11.3 Å². The summed E-state index contributed by atoms with van der Waals surface area (Å²) in [5, 5.41) is 3.39. The van der Waals surface area contributed by atoms with Crippen molar-refractivity contribution in [3.05, 3.63) is 29.3 Å². The lowest BCUT2D eigenvalue weighted by molar-refractivity contribution is 0.0778. The topological polar surface area (TPSA) is 32.3 Å². The van der Waals surface area contributed by atoms with Gasteiger partial charge in [-0.25, -0.2) is 0 Å². The van der Waals surface area contributed by atoms with Gasteiger partial charge in [-0.1, -0.05) is 13.8 Å². The number of aryl methyl sites for hydroxylation is 1. The van der Waals surface area contributed by atoms with Crippen LogP contribution in [0.15, 0.2) is 18.2 Å². The zero-order valence-electron chi connectivity index (χ0n) is 11.8. The molecule has 19 heavy (non-hydrogen) atoms. The molecule has 2 aliphatic rings. The monoisotopic (exact) mass is 258 g/mol. The van der Waals surface area contributed by atoms with Gasteiger partial charge in [0.2, 0.25) is 0 Å². The molecule has 1 aromatic rings. The number of nitrogens with one attached hydrogen (secondary N) is 1. The standard InChI is InChI=1S/C16H22N2O/c1-16(2)7-9-18(11-16)15(19)13-5-6-14-12(10-13)4-3-8-17-14/h5-6,10,17H,3-4,7-9,11H2,1-2H3. The average Bonchev–Trinajstić information content (AvgIpc) is 2.78. The Morgan fingerprint density at radius 2 is 2.21 bits per heavy atom. The molecule has 0 aliphatic carbocycles. The van der Waals surface area contributed by atoms with Gasteiger partial charge in [0.05, 0.1) is 0 Å². The second-order valence-corrected chi connectivity index (χ2v) is 6.54. The maximum Gasteiger partial charge on any atom is 0.253 e. The number of amides is 1. The molecule has 2 aliphatic heterocycles. The summed E-state index contributed by atoms with van der Waals surface area (Å²) >= 11 is 0. The molecular formula is C16H22N2O. The van der Waals surface area contributed by atoms with Crippen LogP contribution in [0.25, 0.3) is 0 Å². The molecule has 102 valence electrons. The van der Waals surface area contributed by atoms with E-state index in [0.717, 1.165) is 44.5 Å². The summed E-state index contributed by atoms with van der Waals surface area (Å²) < 4.78 is 0. The molecule has 3 nitrogen and oxygen atoms in total. The summed E-state index contributed by atoms with van der Waals surface area (Å²) in [5.74, 6) is 0.193. The Bertz CT molecular complexity index is 507. The molecule has 1 saturated heterocycles. The lowest BCUT2D eigenvalue weighted by Crippen LogP contribution is -2.30. The third-order valence-electron chi connectivity index (χ3n) is 4.26. The smallest absolute Gasteiger partial charge is 0.253 e. The highest BCUT2D eigenvalue weighted by Crippen LogP contribution is 2.30. The normalized spacial score (nSPS) is 20.8. The second kappa shape index (κ2) is 4.55. The zero-order valence-corrected chi connectivity index (χ0v) is 11.8. The van der Waals surface area contributed by atoms with Gasteiger partial charge in [0.1, 0.15) is 0 Å². The van der Waals surface area contributed by atoms with Gasteiger partial charge in [-0.15, -0.1) is 0 Å². The van der Waals surface area contributed by atoms with Crippen LogP contribution in [0, 0.1) is 5.41 Å². The number of rotatable bonds is 1. The highest BCUT2D eigenvalue weighted by Gasteiger charge is 2.32. The largest absolute Gasteiger partial charge is 0.385 e. The second-order valence-electron chi connectivity index (χ2n) is 6.54. The van der Waals surface area contributed by atoms with E-state index >= 15 is 0 Å². The quantitative estimate of drug-likeness (QED) is 0.840. The number of benzene rings is 1. The molecule has 0 bridgehead atoms. The Balaban J connectivity index is 1.81. The van der Waals surface area contributed by atoms with Gasteiger partial charge in [-0.05, 0) is 48.4 Å². The van der Waals surface area contributed by atoms with Crippen LogP contribution >= 0.6 is 0 Å². The first-order valence-electron chi connectivity index (χ1n) is 7.21. The number of fused-ring (bicyclic) bond motifs is 1. The Kier molecular flexibility index (Phi) is 3.00. The van der Waals surface area contributed by atoms with Crippen LogP contribution in [0.3, 0.4) is 0 Å². The Labute approximate surface area is 115 Å². The van der Waals surface area contributed by atoms with Gasteiger partial charge >= 0.3 is 0 Å². The summed E-state index contributed by atoms with van der Waals surface area (Å²) in [6, 6.07) is 6.10. The molecule has 2 heterocycles. The molecule has 1 N–H and O–H groups in total. The van der Waals surface area contributed by atoms with Crippen LogP contribution in [-0.4, -0.2) is 30.4 Å². The van der Waals surface area contributed by atoms with Gasteiger partial charge in [-0.2, -0.15) is 0 Å². The summed E-state index contributed by atoms with van der Waals surface area (Å²) in [6.07, 6.45) is 3.33. The van der Waals surface area contributed by atoms with Crippen molar-refractivity contribution in [3.8, 4) is 0 Å². The highest BCUT2D eigenvalue weighted by molar-refractivity contribution is 5.95. The first kappa shape index (κ1) is 12.5. The molecule has 1 fully saturated rings. The maximum atomic E-state index is 12.5. The molecule has 0 saturated carbocycles. The average molecular weight is 258 g/mol. The van der Waals surface area contributed by atoms with E-state index in [-0.39, 0.29) is 11.3 Å². The number of hydrogen-bond acceptors (Lipinski definition) is 2. The number of hydrogen-bond donors (Lipinski definition) is 1. The lowest BCUT2D eigenvalue weighted by Gasteiger charge is -2.22. The highest BCUT2D eigenvalue weighted by atomic mass is 16.2. The number of anilines is 1. The Hall–Kier alpha value is -1.51. The Morgan fingerprint density at radius 1 is 1.37 bits per heavy atom. The van der Waals surface area contributed by atoms with Gasteiger partial charge < -0.3 is 10.2 Å². The number of carbonyl (C=O) groups is 1. The van der Waals surface area contributed by atoms with Crippen molar-refractivity contribution in [3.63, 3.8) is 0 Å². The minimum atomic E-state index is 0.193. The van der Waals surface area contributed by atoms with E-state index in [4.69, 9.17) is 0 Å². The summed E-state index contributed by atoms with van der Waals surface area (Å²) in [6.45, 7) is 7.27. The van der Waals surface area contributed by atoms with Crippen LogP contribution in [-0.2, 0) is 6.42 Å². The van der Waals surface area contributed by atoms with Crippen molar-refractivity contribution in [1.82, 2.24) is 4.90 Å². The van der Waals surface area contributed by atoms with Crippen molar-refractivity contribution in [2.75, 3.05) is 25.0 Å². The third kappa shape index (κ3) is 2.46. The summed E-state index contributed by atoms with van der Waals surface area (Å²) in [5.41, 5.74) is 3.60. The van der Waals surface area contributed by atoms with Gasteiger partial charge in [-0.3, -0.25) is 4.79 Å². The van der Waals surface area contributed by atoms with Crippen LogP contribution in [0.2, 0.25) is 0 Å². The van der Waals surface area contributed by atoms with Crippen molar-refractivity contribution in [2.24, 2.45) is 5.41 Å². The van der Waals surface area contributed by atoms with E-state index < -0.39 is 0 Å². The van der Waals surface area contributed by atoms with Crippen LogP contribution < -0.4 is 5.32 Å². The van der Waals surface area contributed by atoms with Crippen molar-refractivity contribution in [2.45, 2.75) is 33.1 Å². The first-order chi connectivity index (χ1) is 9.05. The molecule has 0 radical (unpaired) electrons. The molecule has 1 aromatic carbocycles. The molecular weight excluding hydrogens is 236 g/mol. The molecule has 0 aromatic heterocycles. The zero-order chi connectivity index (χ0) is 13.5. The SMILES string of the molecule is CC1(C)CCN(C(=O)c2ccc3c(c2)CCCN3)C1. The van der Waals surface area contributed by atoms with E-state index in [2.05, 4.69) is 31.3 Å². The number of carbonyl (C=O) groups excluding carboxylic acids is 1. The van der Waals surface area contributed by atoms with Crippen molar-refractivity contribution < 1.29 is 4.79 Å². The van der Waals surface area contributed by atoms with Crippen molar-refractivity contribution >= 4 is 11.6 Å². The minimum absolute atomic E-state index is 0.193. The number of nitrogens with zero attached hydrogens (tertiary/aromatic N) is 1. The molecule has 0 spiro atoms. The van der Waals surface area contributed by atoms with E-state index in [9.17, 15) is 4.79 Å². The maximum absolute atomic E-state index is 12.5. The summed E-state index contributed by atoms with van der Waals surface area (Å²) in [7, 11) is 0. The fourth-order valence-electron chi connectivity index (χ4n) is 3.08. The van der Waals surface area contributed by atoms with Crippen LogP contribution in [0.1, 0.15) is 42.6 Å². The first-order valence-corrected chi connectivity index (χ1v) is 7.21. The van der Waals surface area contributed by atoms with Gasteiger partial charge in [0.15, 0.2) is 0 Å². The molecule has 0 atom stereocenters. The Morgan fingerprint density at radius 3 is 2.95 bits per heavy atom. The molecule has 3 rings (SSSR count). The molecule has 1 amide bonds. The van der Waals surface area contributed by atoms with Gasteiger partial charge in [0, 0.05) is 30.9 Å². The van der Waals surface area contributed by atoms with Crippen LogP contribution in [0.5, 0.6) is 0 Å². The van der Waals surface area contributed by atoms with Crippen LogP contribution in [0.4, 0.5) is 5.69 Å². The fraction of sp³-hybridized carbons (Fsp3) is 0.562.